The minimum absolute atomic E-state index is 0.0103. The van der Waals surface area contributed by atoms with E-state index >= 15 is 0 Å². The molecule has 1 N–H and O–H groups in total. The number of methoxy groups -OCH3 is 1. The zero-order valence-electron chi connectivity index (χ0n) is 17.2. The van der Waals surface area contributed by atoms with Crippen LogP contribution in [0.5, 0.6) is 0 Å². The number of ether oxygens (including phenoxy) is 2. The summed E-state index contributed by atoms with van der Waals surface area (Å²) in [4.78, 5) is 47.0. The summed E-state index contributed by atoms with van der Waals surface area (Å²) in [5.74, 6) is -1.80. The molecule has 0 atom stereocenters. The number of para-hydroxylation sites is 1. The summed E-state index contributed by atoms with van der Waals surface area (Å²) < 4.78 is 9.96. The van der Waals surface area contributed by atoms with Crippen LogP contribution in [0.25, 0.3) is 0 Å². The molecule has 1 amide bonds. The van der Waals surface area contributed by atoms with Crippen LogP contribution in [0.15, 0.2) is 66.7 Å². The number of nitro benzene ring substituents is 1. The number of non-ortho nitro benzene ring substituents is 1. The van der Waals surface area contributed by atoms with Crippen LogP contribution in [0.2, 0.25) is 5.02 Å². The predicted octanol–water partition coefficient (Wildman–Crippen LogP) is 4.64. The molecular formula is C23H17ClN2O7. The topological polar surface area (TPSA) is 125 Å². The molecule has 33 heavy (non-hydrogen) atoms. The summed E-state index contributed by atoms with van der Waals surface area (Å²) in [5, 5.41) is 13.3. The van der Waals surface area contributed by atoms with E-state index in [0.29, 0.717) is 11.1 Å². The van der Waals surface area contributed by atoms with Crippen LogP contribution in [0.1, 0.15) is 36.6 Å². The number of halogens is 1. The monoisotopic (exact) mass is 468 g/mol. The van der Waals surface area contributed by atoms with E-state index in [4.69, 9.17) is 16.3 Å². The Hall–Kier alpha value is -4.24. The molecule has 168 valence electrons. The normalized spacial score (nSPS) is 10.2. The van der Waals surface area contributed by atoms with Gasteiger partial charge in [0.15, 0.2) is 0 Å². The molecule has 0 aliphatic rings. The zero-order valence-corrected chi connectivity index (χ0v) is 18.0. The first kappa shape index (κ1) is 23.4. The Morgan fingerprint density at radius 1 is 0.970 bits per heavy atom. The molecule has 3 aromatic rings. The maximum Gasteiger partial charge on any atom is 0.340 e. The number of rotatable bonds is 7. The minimum Gasteiger partial charge on any atom is -0.465 e. The molecule has 0 saturated heterocycles. The third-order valence-corrected chi connectivity index (χ3v) is 4.86. The van der Waals surface area contributed by atoms with Gasteiger partial charge in [-0.25, -0.2) is 9.59 Å². The number of amides is 1. The van der Waals surface area contributed by atoms with Crippen molar-refractivity contribution in [3.05, 3.63) is 104 Å². The van der Waals surface area contributed by atoms with Gasteiger partial charge in [0.2, 0.25) is 0 Å². The molecule has 0 saturated carbocycles. The van der Waals surface area contributed by atoms with Crippen molar-refractivity contribution >= 4 is 40.8 Å². The first-order chi connectivity index (χ1) is 15.8. The number of benzene rings is 3. The summed E-state index contributed by atoms with van der Waals surface area (Å²) in [6.45, 7) is -0.0588. The molecule has 10 heteroatoms. The van der Waals surface area contributed by atoms with Crippen molar-refractivity contribution in [1.82, 2.24) is 0 Å². The van der Waals surface area contributed by atoms with E-state index in [2.05, 4.69) is 10.1 Å². The second kappa shape index (κ2) is 10.4. The van der Waals surface area contributed by atoms with Crippen molar-refractivity contribution in [3.8, 4) is 0 Å². The van der Waals surface area contributed by atoms with Crippen LogP contribution in [0.3, 0.4) is 0 Å². The third-order valence-electron chi connectivity index (χ3n) is 4.55. The van der Waals surface area contributed by atoms with Gasteiger partial charge in [-0.15, -0.1) is 0 Å². The smallest absolute Gasteiger partial charge is 0.340 e. The van der Waals surface area contributed by atoms with E-state index in [9.17, 15) is 24.5 Å². The number of hydrogen-bond donors (Lipinski definition) is 1. The van der Waals surface area contributed by atoms with E-state index in [0.717, 1.165) is 12.1 Å². The lowest BCUT2D eigenvalue weighted by Crippen LogP contribution is -2.16. The molecule has 0 fully saturated rings. The molecule has 9 nitrogen and oxygen atoms in total. The van der Waals surface area contributed by atoms with Crippen LogP contribution in [0, 0.1) is 10.1 Å². The lowest BCUT2D eigenvalue weighted by Gasteiger charge is -2.12. The summed E-state index contributed by atoms with van der Waals surface area (Å²) in [5.41, 5.74) is 1.06. The zero-order chi connectivity index (χ0) is 24.0. The molecule has 0 aromatic heterocycles. The second-order valence-corrected chi connectivity index (χ2v) is 7.09. The van der Waals surface area contributed by atoms with Crippen molar-refractivity contribution in [1.29, 1.82) is 0 Å². The summed E-state index contributed by atoms with van der Waals surface area (Å²) in [6, 6.07) is 16.0. The minimum atomic E-state index is -0.683. The van der Waals surface area contributed by atoms with E-state index in [1.54, 1.807) is 36.4 Å². The van der Waals surface area contributed by atoms with Gasteiger partial charge in [0, 0.05) is 12.1 Å². The Balaban J connectivity index is 1.71. The van der Waals surface area contributed by atoms with Crippen LogP contribution in [-0.2, 0) is 16.1 Å². The molecule has 0 aliphatic carbocycles. The number of esters is 2. The second-order valence-electron chi connectivity index (χ2n) is 6.69. The van der Waals surface area contributed by atoms with E-state index in [-0.39, 0.29) is 34.1 Å². The largest absolute Gasteiger partial charge is 0.465 e. The summed E-state index contributed by atoms with van der Waals surface area (Å²) in [7, 11) is 1.28. The maximum atomic E-state index is 12.6. The highest BCUT2D eigenvalue weighted by Gasteiger charge is 2.19. The highest BCUT2D eigenvalue weighted by Crippen LogP contribution is 2.24. The van der Waals surface area contributed by atoms with Crippen molar-refractivity contribution in [2.45, 2.75) is 6.61 Å². The Kier molecular flexibility index (Phi) is 7.37. The van der Waals surface area contributed by atoms with Crippen LogP contribution >= 0.6 is 11.6 Å². The highest BCUT2D eigenvalue weighted by atomic mass is 35.5. The molecule has 0 radical (unpaired) electrons. The van der Waals surface area contributed by atoms with Crippen molar-refractivity contribution < 1.29 is 28.8 Å². The van der Waals surface area contributed by atoms with Gasteiger partial charge < -0.3 is 14.8 Å². The van der Waals surface area contributed by atoms with Crippen molar-refractivity contribution in [2.75, 3.05) is 12.4 Å². The van der Waals surface area contributed by atoms with E-state index in [1.165, 1.54) is 25.3 Å². The number of carbonyl (C=O) groups is 3. The Labute approximate surface area is 193 Å². The average Bonchev–Trinajstić information content (AvgIpc) is 2.82. The SMILES string of the molecule is COC(=O)c1ccc(COC(=O)c2ccccc2NC(=O)c2ccc([N+](=O)[O-])cc2Cl)cc1. The average molecular weight is 469 g/mol. The van der Waals surface area contributed by atoms with Gasteiger partial charge in [0.25, 0.3) is 11.6 Å². The van der Waals surface area contributed by atoms with Crippen molar-refractivity contribution in [2.24, 2.45) is 0 Å². The lowest BCUT2D eigenvalue weighted by molar-refractivity contribution is -0.384. The molecule has 0 bridgehead atoms. The fourth-order valence-corrected chi connectivity index (χ4v) is 3.10. The third kappa shape index (κ3) is 5.72. The summed E-state index contributed by atoms with van der Waals surface area (Å²) >= 11 is 6.01. The standard InChI is InChI=1S/C23H17ClN2O7/c1-32-22(28)15-8-6-14(7-9-15)13-33-23(29)18-4-2-3-5-20(18)25-21(27)17-11-10-16(26(30)31)12-19(17)24/h2-12H,13H2,1H3,(H,25,27). The molecular weight excluding hydrogens is 452 g/mol. The highest BCUT2D eigenvalue weighted by molar-refractivity contribution is 6.34. The number of anilines is 1. The Morgan fingerprint density at radius 2 is 1.67 bits per heavy atom. The Morgan fingerprint density at radius 3 is 2.30 bits per heavy atom. The van der Waals surface area contributed by atoms with E-state index < -0.39 is 22.8 Å². The predicted molar refractivity (Wildman–Crippen MR) is 119 cm³/mol. The fourth-order valence-electron chi connectivity index (χ4n) is 2.84. The molecule has 0 unspecified atom stereocenters. The lowest BCUT2D eigenvalue weighted by atomic mass is 10.1. The molecule has 0 aliphatic heterocycles. The molecule has 3 rings (SSSR count). The van der Waals surface area contributed by atoms with Gasteiger partial charge in [-0.2, -0.15) is 0 Å². The number of carbonyl (C=O) groups excluding carboxylic acids is 3. The maximum absolute atomic E-state index is 12.6. The Bertz CT molecular complexity index is 1230. The number of nitro groups is 1. The molecule has 3 aromatic carbocycles. The van der Waals surface area contributed by atoms with Crippen LogP contribution in [-0.4, -0.2) is 29.9 Å². The van der Waals surface area contributed by atoms with E-state index in [1.807, 2.05) is 0 Å². The molecule has 0 spiro atoms. The van der Waals surface area contributed by atoms with Gasteiger partial charge in [0.05, 0.1) is 39.4 Å². The van der Waals surface area contributed by atoms with Gasteiger partial charge in [-0.3, -0.25) is 14.9 Å². The first-order valence-electron chi connectivity index (χ1n) is 9.49. The van der Waals surface area contributed by atoms with Gasteiger partial charge in [-0.1, -0.05) is 35.9 Å². The quantitative estimate of drug-likeness (QED) is 0.304. The van der Waals surface area contributed by atoms with Crippen molar-refractivity contribution in [3.63, 3.8) is 0 Å². The number of nitrogens with zero attached hydrogens (tertiary/aromatic N) is 1. The van der Waals surface area contributed by atoms with Crippen LogP contribution in [0.4, 0.5) is 11.4 Å². The molecule has 0 heterocycles. The number of hydrogen-bond acceptors (Lipinski definition) is 7. The van der Waals surface area contributed by atoms with Crippen LogP contribution < -0.4 is 5.32 Å². The van der Waals surface area contributed by atoms with Gasteiger partial charge in [-0.05, 0) is 35.9 Å². The summed E-state index contributed by atoms with van der Waals surface area (Å²) in [6.07, 6.45) is 0. The fraction of sp³-hybridized carbons (Fsp3) is 0.0870. The van der Waals surface area contributed by atoms with Gasteiger partial charge in [0.1, 0.15) is 6.61 Å². The first-order valence-corrected chi connectivity index (χ1v) is 9.86. The van der Waals surface area contributed by atoms with Gasteiger partial charge >= 0.3 is 11.9 Å². The number of nitrogens with one attached hydrogen (secondary N) is 1.